The molecular formula is C25H29NO2. The van der Waals surface area contributed by atoms with E-state index in [2.05, 4.69) is 38.2 Å². The molecule has 0 radical (unpaired) electrons. The summed E-state index contributed by atoms with van der Waals surface area (Å²) in [5.41, 5.74) is 4.85. The third-order valence-electron chi connectivity index (χ3n) is 5.39. The van der Waals surface area contributed by atoms with Gasteiger partial charge in [-0.3, -0.25) is 4.79 Å². The molecule has 0 aliphatic heterocycles. The summed E-state index contributed by atoms with van der Waals surface area (Å²) in [6.45, 7) is 10.3. The summed E-state index contributed by atoms with van der Waals surface area (Å²) in [5.74, 6) is 0.663. The first-order chi connectivity index (χ1) is 13.4. The van der Waals surface area contributed by atoms with Crippen molar-refractivity contribution in [3.05, 3.63) is 76.9 Å². The number of fused-ring (bicyclic) bond motifs is 1. The normalized spacial score (nSPS) is 13.2. The molecule has 146 valence electrons. The SMILES string of the molecule is CC[C@@H](Oc1cccc2ccccc12)C(=O)N[C@@H](C)c1cc(C)c(C)cc1C. The van der Waals surface area contributed by atoms with Crippen molar-refractivity contribution in [3.8, 4) is 5.75 Å². The molecule has 0 unspecified atom stereocenters. The van der Waals surface area contributed by atoms with E-state index in [0.29, 0.717) is 6.42 Å². The minimum atomic E-state index is -0.528. The van der Waals surface area contributed by atoms with Gasteiger partial charge in [-0.15, -0.1) is 0 Å². The van der Waals surface area contributed by atoms with Gasteiger partial charge in [0.05, 0.1) is 6.04 Å². The highest BCUT2D eigenvalue weighted by molar-refractivity contribution is 5.89. The number of ether oxygens (including phenoxy) is 1. The Morgan fingerprint density at radius 3 is 2.39 bits per heavy atom. The minimum Gasteiger partial charge on any atom is -0.480 e. The molecule has 0 aliphatic rings. The lowest BCUT2D eigenvalue weighted by atomic mass is 9.96. The van der Waals surface area contributed by atoms with Crippen molar-refractivity contribution in [3.63, 3.8) is 0 Å². The second kappa shape index (κ2) is 8.47. The highest BCUT2D eigenvalue weighted by atomic mass is 16.5. The maximum atomic E-state index is 12.9. The molecule has 1 N–H and O–H groups in total. The first kappa shape index (κ1) is 19.9. The fourth-order valence-corrected chi connectivity index (χ4v) is 3.61. The predicted octanol–water partition coefficient (Wildman–Crippen LogP) is 5.80. The molecule has 0 aliphatic carbocycles. The second-order valence-corrected chi connectivity index (χ2v) is 7.52. The van der Waals surface area contributed by atoms with E-state index in [1.807, 2.05) is 56.3 Å². The molecular weight excluding hydrogens is 346 g/mol. The van der Waals surface area contributed by atoms with E-state index in [1.165, 1.54) is 16.7 Å². The molecule has 0 spiro atoms. The molecule has 0 fully saturated rings. The van der Waals surface area contributed by atoms with E-state index < -0.39 is 6.10 Å². The Morgan fingerprint density at radius 1 is 0.964 bits per heavy atom. The van der Waals surface area contributed by atoms with E-state index in [4.69, 9.17) is 4.74 Å². The molecule has 3 rings (SSSR count). The van der Waals surface area contributed by atoms with Gasteiger partial charge in [-0.25, -0.2) is 0 Å². The Morgan fingerprint density at radius 2 is 1.64 bits per heavy atom. The van der Waals surface area contributed by atoms with Crippen molar-refractivity contribution in [1.29, 1.82) is 0 Å². The topological polar surface area (TPSA) is 38.3 Å². The van der Waals surface area contributed by atoms with Gasteiger partial charge in [0.25, 0.3) is 5.91 Å². The van der Waals surface area contributed by atoms with E-state index in [-0.39, 0.29) is 11.9 Å². The predicted molar refractivity (Wildman–Crippen MR) is 116 cm³/mol. The van der Waals surface area contributed by atoms with Crippen molar-refractivity contribution in [2.45, 2.75) is 53.2 Å². The van der Waals surface area contributed by atoms with Crippen LogP contribution in [-0.4, -0.2) is 12.0 Å². The molecule has 3 aromatic rings. The van der Waals surface area contributed by atoms with E-state index in [0.717, 1.165) is 22.1 Å². The zero-order valence-electron chi connectivity index (χ0n) is 17.4. The molecule has 0 saturated carbocycles. The Hall–Kier alpha value is -2.81. The summed E-state index contributed by atoms with van der Waals surface area (Å²) in [6.07, 6.45) is 0.0772. The number of rotatable bonds is 6. The molecule has 3 heteroatoms. The van der Waals surface area contributed by atoms with Crippen LogP contribution in [0.3, 0.4) is 0 Å². The zero-order valence-corrected chi connectivity index (χ0v) is 17.4. The summed E-state index contributed by atoms with van der Waals surface area (Å²) in [7, 11) is 0. The maximum Gasteiger partial charge on any atom is 0.261 e. The lowest BCUT2D eigenvalue weighted by Gasteiger charge is -2.23. The van der Waals surface area contributed by atoms with Gasteiger partial charge in [-0.2, -0.15) is 0 Å². The van der Waals surface area contributed by atoms with Crippen LogP contribution in [-0.2, 0) is 4.79 Å². The van der Waals surface area contributed by atoms with Gasteiger partial charge in [0.15, 0.2) is 6.10 Å². The monoisotopic (exact) mass is 375 g/mol. The molecule has 1 amide bonds. The summed E-state index contributed by atoms with van der Waals surface area (Å²) in [5, 5.41) is 5.27. The average molecular weight is 376 g/mol. The van der Waals surface area contributed by atoms with Gasteiger partial charge in [-0.1, -0.05) is 55.5 Å². The first-order valence-electron chi connectivity index (χ1n) is 9.93. The number of benzene rings is 3. The number of aryl methyl sites for hydroxylation is 3. The molecule has 2 atom stereocenters. The third-order valence-corrected chi connectivity index (χ3v) is 5.39. The summed E-state index contributed by atoms with van der Waals surface area (Å²) in [4.78, 5) is 12.9. The quantitative estimate of drug-likeness (QED) is 0.591. The standard InChI is InChI=1S/C25H29NO2/c1-6-23(28-24-13-9-11-20-10-7-8-12-21(20)24)25(27)26-19(5)22-15-17(3)16(2)14-18(22)4/h7-15,19,23H,6H2,1-5H3,(H,26,27)/t19-,23+/m0/s1. The number of hydrogen-bond acceptors (Lipinski definition) is 2. The van der Waals surface area contributed by atoms with Crippen LogP contribution in [0.15, 0.2) is 54.6 Å². The van der Waals surface area contributed by atoms with Crippen molar-refractivity contribution >= 4 is 16.7 Å². The zero-order chi connectivity index (χ0) is 20.3. The molecule has 0 aromatic heterocycles. The number of carbonyl (C=O) groups excluding carboxylic acids is 1. The fraction of sp³-hybridized carbons (Fsp3) is 0.320. The molecule has 0 heterocycles. The number of carbonyl (C=O) groups is 1. The third kappa shape index (κ3) is 4.19. The maximum absolute atomic E-state index is 12.9. The van der Waals surface area contributed by atoms with Gasteiger partial charge < -0.3 is 10.1 Å². The summed E-state index contributed by atoms with van der Waals surface area (Å²) in [6, 6.07) is 18.3. The first-order valence-corrected chi connectivity index (χ1v) is 9.93. The number of nitrogens with one attached hydrogen (secondary N) is 1. The van der Waals surface area contributed by atoms with Crippen LogP contribution < -0.4 is 10.1 Å². The largest absolute Gasteiger partial charge is 0.480 e. The van der Waals surface area contributed by atoms with Gasteiger partial charge in [-0.05, 0) is 67.8 Å². The Bertz CT molecular complexity index is 988. The summed E-state index contributed by atoms with van der Waals surface area (Å²) < 4.78 is 6.14. The summed E-state index contributed by atoms with van der Waals surface area (Å²) >= 11 is 0. The van der Waals surface area contributed by atoms with Gasteiger partial charge >= 0.3 is 0 Å². The lowest BCUT2D eigenvalue weighted by molar-refractivity contribution is -0.128. The number of hydrogen-bond donors (Lipinski definition) is 1. The van der Waals surface area contributed by atoms with Crippen LogP contribution in [0.4, 0.5) is 0 Å². The molecule has 28 heavy (non-hydrogen) atoms. The fourth-order valence-electron chi connectivity index (χ4n) is 3.61. The molecule has 0 bridgehead atoms. The van der Waals surface area contributed by atoms with Gasteiger partial charge in [0, 0.05) is 5.39 Å². The van der Waals surface area contributed by atoms with Crippen molar-refractivity contribution in [2.75, 3.05) is 0 Å². The van der Waals surface area contributed by atoms with Crippen molar-refractivity contribution < 1.29 is 9.53 Å². The van der Waals surface area contributed by atoms with Crippen LogP contribution in [0.25, 0.3) is 10.8 Å². The lowest BCUT2D eigenvalue weighted by Crippen LogP contribution is -2.39. The number of amides is 1. The van der Waals surface area contributed by atoms with Crippen LogP contribution in [0.2, 0.25) is 0 Å². The Kier molecular flexibility index (Phi) is 6.03. The van der Waals surface area contributed by atoms with Crippen molar-refractivity contribution in [1.82, 2.24) is 5.32 Å². The highest BCUT2D eigenvalue weighted by Gasteiger charge is 2.22. The van der Waals surface area contributed by atoms with Gasteiger partial charge in [0.2, 0.25) is 0 Å². The minimum absolute atomic E-state index is 0.0723. The van der Waals surface area contributed by atoms with Crippen molar-refractivity contribution in [2.24, 2.45) is 0 Å². The van der Waals surface area contributed by atoms with E-state index in [9.17, 15) is 4.79 Å². The van der Waals surface area contributed by atoms with Crippen LogP contribution in [0.1, 0.15) is 48.6 Å². The second-order valence-electron chi connectivity index (χ2n) is 7.52. The highest BCUT2D eigenvalue weighted by Crippen LogP contribution is 2.27. The van der Waals surface area contributed by atoms with Crippen LogP contribution >= 0.6 is 0 Å². The molecule has 0 saturated heterocycles. The average Bonchev–Trinajstić information content (AvgIpc) is 2.68. The molecule has 3 aromatic carbocycles. The van der Waals surface area contributed by atoms with Gasteiger partial charge in [0.1, 0.15) is 5.75 Å². The molecule has 3 nitrogen and oxygen atoms in total. The van der Waals surface area contributed by atoms with Crippen LogP contribution in [0, 0.1) is 20.8 Å². The smallest absolute Gasteiger partial charge is 0.261 e. The van der Waals surface area contributed by atoms with E-state index in [1.54, 1.807) is 0 Å². The Labute approximate surface area is 167 Å². The Balaban J connectivity index is 1.77. The van der Waals surface area contributed by atoms with Crippen LogP contribution in [0.5, 0.6) is 5.75 Å². The van der Waals surface area contributed by atoms with E-state index >= 15 is 0 Å².